The van der Waals surface area contributed by atoms with E-state index < -0.39 is 6.10 Å². The Bertz CT molecular complexity index is 1010. The topological polar surface area (TPSA) is 75.0 Å². The van der Waals surface area contributed by atoms with Crippen molar-refractivity contribution >= 4 is 0 Å². The second kappa shape index (κ2) is 8.10. The first-order chi connectivity index (χ1) is 14.7. The first-order valence-corrected chi connectivity index (χ1v) is 10.0. The van der Waals surface area contributed by atoms with E-state index in [1.54, 1.807) is 13.3 Å². The molecule has 0 bridgehead atoms. The average molecular weight is 408 g/mol. The maximum absolute atomic E-state index is 10.0. The zero-order valence-corrected chi connectivity index (χ0v) is 16.7. The molecule has 0 aliphatic carbocycles. The summed E-state index contributed by atoms with van der Waals surface area (Å²) in [4.78, 5) is 4.56. The Morgan fingerprint density at radius 1 is 1.10 bits per heavy atom. The average Bonchev–Trinajstić information content (AvgIpc) is 3.50. The maximum Gasteiger partial charge on any atom is 0.144 e. The molecule has 2 fully saturated rings. The van der Waals surface area contributed by atoms with Gasteiger partial charge in [-0.2, -0.15) is 0 Å². The van der Waals surface area contributed by atoms with Crippen LogP contribution in [0, 0.1) is 0 Å². The number of methoxy groups -OCH3 is 1. The lowest BCUT2D eigenvalue weighted by atomic mass is 10.1. The van der Waals surface area contributed by atoms with E-state index >= 15 is 0 Å². The largest absolute Gasteiger partial charge is 0.496 e. The number of nitrogens with zero attached hydrogens (tertiary/aromatic N) is 2. The van der Waals surface area contributed by atoms with E-state index in [9.17, 15) is 5.11 Å². The van der Waals surface area contributed by atoms with E-state index in [1.165, 1.54) is 0 Å². The SMILES string of the molecule is COc1cc(OCc2ccccc2)ccc1-c1nccn1[C@@H]1CO[C@H]2[C@@H]1OC[C@H]2O. The highest BCUT2D eigenvalue weighted by molar-refractivity contribution is 5.66. The molecule has 2 saturated heterocycles. The lowest BCUT2D eigenvalue weighted by Crippen LogP contribution is -2.30. The number of aliphatic hydroxyl groups is 1. The molecule has 0 saturated carbocycles. The molecule has 7 heteroatoms. The highest BCUT2D eigenvalue weighted by Crippen LogP contribution is 2.39. The molecular formula is C23H24N2O5. The van der Waals surface area contributed by atoms with Crippen molar-refractivity contribution in [1.29, 1.82) is 0 Å². The Kier molecular flexibility index (Phi) is 5.16. The van der Waals surface area contributed by atoms with Crippen LogP contribution in [0.4, 0.5) is 0 Å². The Morgan fingerprint density at radius 2 is 1.93 bits per heavy atom. The first-order valence-electron chi connectivity index (χ1n) is 10.0. The fraction of sp³-hybridized carbons (Fsp3) is 0.348. The van der Waals surface area contributed by atoms with E-state index in [2.05, 4.69) is 4.98 Å². The molecule has 30 heavy (non-hydrogen) atoms. The quantitative estimate of drug-likeness (QED) is 0.676. The molecule has 0 radical (unpaired) electrons. The van der Waals surface area contributed by atoms with Crippen LogP contribution in [0.5, 0.6) is 11.5 Å². The number of rotatable bonds is 6. The van der Waals surface area contributed by atoms with Crippen LogP contribution in [-0.4, -0.2) is 53.3 Å². The van der Waals surface area contributed by atoms with Crippen LogP contribution in [0.2, 0.25) is 0 Å². The molecule has 1 aromatic heterocycles. The lowest BCUT2D eigenvalue weighted by molar-refractivity contribution is 0.0172. The van der Waals surface area contributed by atoms with Crippen molar-refractivity contribution in [1.82, 2.24) is 9.55 Å². The summed E-state index contributed by atoms with van der Waals surface area (Å²) in [6.07, 6.45) is 2.61. The number of imidazole rings is 1. The van der Waals surface area contributed by atoms with E-state index in [0.717, 1.165) is 22.7 Å². The van der Waals surface area contributed by atoms with Crippen LogP contribution in [0.3, 0.4) is 0 Å². The van der Waals surface area contributed by atoms with Crippen molar-refractivity contribution in [3.63, 3.8) is 0 Å². The Hall–Kier alpha value is -2.87. The van der Waals surface area contributed by atoms with Gasteiger partial charge in [-0.3, -0.25) is 0 Å². The second-order valence-corrected chi connectivity index (χ2v) is 7.53. The van der Waals surface area contributed by atoms with Gasteiger partial charge in [0, 0.05) is 18.5 Å². The van der Waals surface area contributed by atoms with Crippen LogP contribution in [0.15, 0.2) is 60.9 Å². The van der Waals surface area contributed by atoms with Gasteiger partial charge in [0.2, 0.25) is 0 Å². The molecule has 0 unspecified atom stereocenters. The zero-order valence-electron chi connectivity index (χ0n) is 16.7. The number of hydrogen-bond donors (Lipinski definition) is 1. The highest BCUT2D eigenvalue weighted by Gasteiger charge is 2.48. The van der Waals surface area contributed by atoms with Gasteiger partial charge in [-0.25, -0.2) is 4.98 Å². The van der Waals surface area contributed by atoms with Gasteiger partial charge in [0.15, 0.2) is 0 Å². The van der Waals surface area contributed by atoms with Gasteiger partial charge in [0.1, 0.15) is 42.2 Å². The number of fused-ring (bicyclic) bond motifs is 1. The molecule has 4 atom stereocenters. The minimum absolute atomic E-state index is 0.0524. The first kappa shape index (κ1) is 19.1. The van der Waals surface area contributed by atoms with Gasteiger partial charge < -0.3 is 28.6 Å². The molecule has 2 aromatic carbocycles. The summed E-state index contributed by atoms with van der Waals surface area (Å²) >= 11 is 0. The van der Waals surface area contributed by atoms with Gasteiger partial charge in [0.25, 0.3) is 0 Å². The summed E-state index contributed by atoms with van der Waals surface area (Å²) in [5, 5.41) is 10.0. The fourth-order valence-electron chi connectivity index (χ4n) is 4.17. The Balaban J connectivity index is 1.39. The van der Waals surface area contributed by atoms with E-state index in [1.807, 2.05) is 59.3 Å². The van der Waals surface area contributed by atoms with E-state index in [0.29, 0.717) is 25.6 Å². The third kappa shape index (κ3) is 3.45. The van der Waals surface area contributed by atoms with E-state index in [-0.39, 0.29) is 18.2 Å². The van der Waals surface area contributed by atoms with Crippen LogP contribution in [0.25, 0.3) is 11.4 Å². The normalized spacial score (nSPS) is 25.3. The van der Waals surface area contributed by atoms with Crippen LogP contribution in [0.1, 0.15) is 11.6 Å². The number of aliphatic hydroxyl groups excluding tert-OH is 1. The van der Waals surface area contributed by atoms with Crippen LogP contribution in [-0.2, 0) is 16.1 Å². The monoisotopic (exact) mass is 408 g/mol. The molecule has 156 valence electrons. The molecule has 2 aliphatic heterocycles. The van der Waals surface area contributed by atoms with Crippen molar-refractivity contribution in [2.45, 2.75) is 31.0 Å². The van der Waals surface area contributed by atoms with Gasteiger partial charge in [-0.15, -0.1) is 0 Å². The minimum Gasteiger partial charge on any atom is -0.496 e. The molecule has 0 amide bonds. The van der Waals surface area contributed by atoms with E-state index in [4.69, 9.17) is 18.9 Å². The van der Waals surface area contributed by atoms with Gasteiger partial charge in [-0.1, -0.05) is 30.3 Å². The summed E-state index contributed by atoms with van der Waals surface area (Å²) in [5.41, 5.74) is 1.96. The summed E-state index contributed by atoms with van der Waals surface area (Å²) in [6.45, 7) is 1.25. The Morgan fingerprint density at radius 3 is 2.77 bits per heavy atom. The standard InChI is InChI=1S/C23H24N2O5/c1-27-20-11-16(28-12-15-5-3-2-4-6-15)7-8-17(20)23-24-9-10-25(23)18-13-29-22-19(26)14-30-21(18)22/h2-11,18-19,21-22,26H,12-14H2,1H3/t18-,19-,21-,22-/m1/s1. The predicted octanol–water partition coefficient (Wildman–Crippen LogP) is 2.84. The fourth-order valence-corrected chi connectivity index (χ4v) is 4.17. The third-order valence-corrected chi connectivity index (χ3v) is 5.69. The molecule has 0 spiro atoms. The summed E-state index contributed by atoms with van der Waals surface area (Å²) in [5.74, 6) is 2.17. The maximum atomic E-state index is 10.0. The number of aromatic nitrogens is 2. The van der Waals surface area contributed by atoms with Crippen molar-refractivity contribution in [2.75, 3.05) is 20.3 Å². The van der Waals surface area contributed by atoms with Gasteiger partial charge >= 0.3 is 0 Å². The van der Waals surface area contributed by atoms with Gasteiger partial charge in [-0.05, 0) is 17.7 Å². The highest BCUT2D eigenvalue weighted by atomic mass is 16.6. The van der Waals surface area contributed by atoms with Crippen molar-refractivity contribution in [2.24, 2.45) is 0 Å². The molecule has 2 aliphatic rings. The molecular weight excluding hydrogens is 384 g/mol. The second-order valence-electron chi connectivity index (χ2n) is 7.53. The van der Waals surface area contributed by atoms with Gasteiger partial charge in [0.05, 0.1) is 31.9 Å². The van der Waals surface area contributed by atoms with Crippen LogP contribution < -0.4 is 9.47 Å². The molecule has 3 heterocycles. The number of hydrogen-bond acceptors (Lipinski definition) is 6. The minimum atomic E-state index is -0.581. The predicted molar refractivity (Wildman–Crippen MR) is 110 cm³/mol. The smallest absolute Gasteiger partial charge is 0.144 e. The van der Waals surface area contributed by atoms with Crippen molar-refractivity contribution < 1.29 is 24.1 Å². The molecule has 3 aromatic rings. The van der Waals surface area contributed by atoms with Crippen LogP contribution >= 0.6 is 0 Å². The molecule has 7 nitrogen and oxygen atoms in total. The summed E-state index contributed by atoms with van der Waals surface area (Å²) in [7, 11) is 1.64. The number of ether oxygens (including phenoxy) is 4. The van der Waals surface area contributed by atoms with Crippen molar-refractivity contribution in [3.05, 3.63) is 66.5 Å². The zero-order chi connectivity index (χ0) is 20.5. The molecule has 1 N–H and O–H groups in total. The molecule has 5 rings (SSSR count). The van der Waals surface area contributed by atoms with Crippen molar-refractivity contribution in [3.8, 4) is 22.9 Å². The summed E-state index contributed by atoms with van der Waals surface area (Å²) < 4.78 is 25.2. The Labute approximate surface area is 174 Å². The third-order valence-electron chi connectivity index (χ3n) is 5.69. The lowest BCUT2D eigenvalue weighted by Gasteiger charge is -2.20. The number of benzene rings is 2. The summed E-state index contributed by atoms with van der Waals surface area (Å²) in [6, 6.07) is 15.7.